The predicted octanol–water partition coefficient (Wildman–Crippen LogP) is 4.70. The molecule has 0 aliphatic carbocycles. The maximum atomic E-state index is 10.4. The van der Waals surface area contributed by atoms with Gasteiger partial charge in [0.25, 0.3) is 0 Å². The van der Waals surface area contributed by atoms with Crippen LogP contribution in [-0.2, 0) is 6.42 Å². The van der Waals surface area contributed by atoms with E-state index in [-0.39, 0.29) is 0 Å². The van der Waals surface area contributed by atoms with Crippen LogP contribution in [0.5, 0.6) is 5.75 Å². The molecule has 0 radical (unpaired) electrons. The zero-order valence-corrected chi connectivity index (χ0v) is 11.9. The zero-order chi connectivity index (χ0) is 13.7. The van der Waals surface area contributed by atoms with Gasteiger partial charge < -0.3 is 5.11 Å². The summed E-state index contributed by atoms with van der Waals surface area (Å²) in [5, 5.41) is 11.4. The summed E-state index contributed by atoms with van der Waals surface area (Å²) in [4.78, 5) is 4.29. The lowest BCUT2D eigenvalue weighted by atomic mass is 9.91. The second kappa shape index (κ2) is 6.55. The normalized spacial score (nSPS) is 12.7. The lowest BCUT2D eigenvalue weighted by molar-refractivity contribution is 0.428. The van der Waals surface area contributed by atoms with Crippen LogP contribution in [0, 0.1) is 5.92 Å². The van der Waals surface area contributed by atoms with Gasteiger partial charge in [-0.25, -0.2) is 0 Å². The van der Waals surface area contributed by atoms with Crippen LogP contribution in [-0.4, -0.2) is 10.1 Å². The van der Waals surface area contributed by atoms with Gasteiger partial charge in [-0.1, -0.05) is 57.7 Å². The van der Waals surface area contributed by atoms with Crippen LogP contribution in [0.1, 0.15) is 45.1 Å². The Morgan fingerprint density at radius 2 is 2.05 bits per heavy atom. The summed E-state index contributed by atoms with van der Waals surface area (Å²) in [7, 11) is 0. The van der Waals surface area contributed by atoms with Crippen molar-refractivity contribution in [2.24, 2.45) is 5.92 Å². The Balaban J connectivity index is 2.22. The predicted molar refractivity (Wildman–Crippen MR) is 80.4 cm³/mol. The highest BCUT2D eigenvalue weighted by Crippen LogP contribution is 2.30. The SMILES string of the molecule is CCCCC(CC)Cc1ccc2cccnc2c1O. The van der Waals surface area contributed by atoms with E-state index in [2.05, 4.69) is 24.9 Å². The Hall–Kier alpha value is -1.57. The fourth-order valence-corrected chi connectivity index (χ4v) is 2.59. The molecular weight excluding hydrogens is 234 g/mol. The Bertz CT molecular complexity index is 536. The van der Waals surface area contributed by atoms with Crippen LogP contribution in [0.2, 0.25) is 0 Å². The molecule has 0 amide bonds. The van der Waals surface area contributed by atoms with E-state index in [9.17, 15) is 5.11 Å². The molecule has 0 fully saturated rings. The number of hydrogen-bond donors (Lipinski definition) is 1. The third kappa shape index (κ3) is 3.25. The van der Waals surface area contributed by atoms with Gasteiger partial charge in [-0.05, 0) is 24.0 Å². The van der Waals surface area contributed by atoms with E-state index >= 15 is 0 Å². The van der Waals surface area contributed by atoms with Gasteiger partial charge >= 0.3 is 0 Å². The van der Waals surface area contributed by atoms with E-state index in [0.717, 1.165) is 22.9 Å². The van der Waals surface area contributed by atoms with Crippen LogP contribution in [0.3, 0.4) is 0 Å². The van der Waals surface area contributed by atoms with Crippen molar-refractivity contribution < 1.29 is 5.11 Å². The van der Waals surface area contributed by atoms with E-state index in [4.69, 9.17) is 0 Å². The second-order valence-corrected chi connectivity index (χ2v) is 5.27. The molecule has 1 aromatic carbocycles. The molecule has 0 saturated carbocycles. The van der Waals surface area contributed by atoms with Gasteiger partial charge in [0.15, 0.2) is 0 Å². The number of fused-ring (bicyclic) bond motifs is 1. The number of rotatable bonds is 6. The first-order valence-corrected chi connectivity index (χ1v) is 7.31. The molecule has 1 heterocycles. The summed E-state index contributed by atoms with van der Waals surface area (Å²) in [5.41, 5.74) is 1.76. The highest BCUT2D eigenvalue weighted by atomic mass is 16.3. The average Bonchev–Trinajstić information content (AvgIpc) is 2.46. The highest BCUT2D eigenvalue weighted by molar-refractivity contribution is 5.85. The average molecular weight is 257 g/mol. The van der Waals surface area contributed by atoms with E-state index in [1.54, 1.807) is 6.20 Å². The largest absolute Gasteiger partial charge is 0.505 e. The molecule has 2 heteroatoms. The van der Waals surface area contributed by atoms with Crippen molar-refractivity contribution >= 4 is 10.9 Å². The standard InChI is InChI=1S/C17H23NO/c1-3-5-7-13(4-2)12-15-10-9-14-8-6-11-18-16(14)17(15)19/h6,8-11,13,19H,3-5,7,12H2,1-2H3. The van der Waals surface area contributed by atoms with Crippen LogP contribution in [0.4, 0.5) is 0 Å². The molecule has 2 rings (SSSR count). The molecule has 1 aromatic heterocycles. The number of benzene rings is 1. The number of pyridine rings is 1. The van der Waals surface area contributed by atoms with Crippen LogP contribution in [0.15, 0.2) is 30.5 Å². The minimum absolute atomic E-state index is 0.369. The van der Waals surface area contributed by atoms with Crippen molar-refractivity contribution in [2.45, 2.75) is 46.0 Å². The van der Waals surface area contributed by atoms with E-state index in [1.165, 1.54) is 25.7 Å². The van der Waals surface area contributed by atoms with Crippen molar-refractivity contribution in [3.8, 4) is 5.75 Å². The monoisotopic (exact) mass is 257 g/mol. The summed E-state index contributed by atoms with van der Waals surface area (Å²) < 4.78 is 0. The maximum Gasteiger partial charge on any atom is 0.144 e. The van der Waals surface area contributed by atoms with Crippen molar-refractivity contribution in [1.29, 1.82) is 0 Å². The summed E-state index contributed by atoms with van der Waals surface area (Å²) >= 11 is 0. The Morgan fingerprint density at radius 1 is 1.21 bits per heavy atom. The number of hydrogen-bond acceptors (Lipinski definition) is 2. The van der Waals surface area contributed by atoms with Crippen LogP contribution in [0.25, 0.3) is 10.9 Å². The molecule has 2 aromatic rings. The molecular formula is C17H23NO. The molecule has 0 aliphatic rings. The first-order valence-electron chi connectivity index (χ1n) is 7.31. The van der Waals surface area contributed by atoms with Gasteiger partial charge in [0.05, 0.1) is 0 Å². The molecule has 0 saturated heterocycles. The van der Waals surface area contributed by atoms with Gasteiger partial charge in [-0.2, -0.15) is 0 Å². The minimum Gasteiger partial charge on any atom is -0.505 e. The quantitative estimate of drug-likeness (QED) is 0.813. The molecule has 0 aliphatic heterocycles. The van der Waals surface area contributed by atoms with Gasteiger partial charge in [0, 0.05) is 11.6 Å². The summed E-state index contributed by atoms with van der Waals surface area (Å²) in [6.07, 6.45) is 7.61. The number of aromatic nitrogens is 1. The third-order valence-corrected chi connectivity index (χ3v) is 3.88. The number of phenolic OH excluding ortho intramolecular Hbond substituents is 1. The Morgan fingerprint density at radius 3 is 2.79 bits per heavy atom. The highest BCUT2D eigenvalue weighted by Gasteiger charge is 2.12. The molecule has 19 heavy (non-hydrogen) atoms. The van der Waals surface area contributed by atoms with Crippen molar-refractivity contribution in [2.75, 3.05) is 0 Å². The number of nitrogens with zero attached hydrogens (tertiary/aromatic N) is 1. The molecule has 1 atom stereocenters. The van der Waals surface area contributed by atoms with E-state index < -0.39 is 0 Å². The molecule has 0 bridgehead atoms. The van der Waals surface area contributed by atoms with Crippen molar-refractivity contribution in [3.63, 3.8) is 0 Å². The smallest absolute Gasteiger partial charge is 0.144 e. The fraction of sp³-hybridized carbons (Fsp3) is 0.471. The van der Waals surface area contributed by atoms with Crippen molar-refractivity contribution in [3.05, 3.63) is 36.0 Å². The number of phenols is 1. The lowest BCUT2D eigenvalue weighted by Crippen LogP contribution is -2.04. The summed E-state index contributed by atoms with van der Waals surface area (Å²) in [5.74, 6) is 1.03. The summed E-state index contributed by atoms with van der Waals surface area (Å²) in [6.45, 7) is 4.46. The van der Waals surface area contributed by atoms with E-state index in [1.807, 2.05) is 18.2 Å². The second-order valence-electron chi connectivity index (χ2n) is 5.27. The first kappa shape index (κ1) is 13.9. The number of aromatic hydroxyl groups is 1. The number of unbranched alkanes of at least 4 members (excludes halogenated alkanes) is 1. The van der Waals surface area contributed by atoms with Crippen molar-refractivity contribution in [1.82, 2.24) is 4.98 Å². The fourth-order valence-electron chi connectivity index (χ4n) is 2.59. The van der Waals surface area contributed by atoms with E-state index in [0.29, 0.717) is 11.7 Å². The minimum atomic E-state index is 0.369. The maximum absolute atomic E-state index is 10.4. The Labute approximate surface area is 115 Å². The molecule has 102 valence electrons. The molecule has 2 nitrogen and oxygen atoms in total. The van der Waals surface area contributed by atoms with Gasteiger partial charge in [-0.15, -0.1) is 0 Å². The van der Waals surface area contributed by atoms with Crippen LogP contribution < -0.4 is 0 Å². The first-order chi connectivity index (χ1) is 9.26. The molecule has 1 N–H and O–H groups in total. The Kier molecular flexibility index (Phi) is 4.78. The third-order valence-electron chi connectivity index (χ3n) is 3.88. The lowest BCUT2D eigenvalue weighted by Gasteiger charge is -2.15. The van der Waals surface area contributed by atoms with Gasteiger partial charge in [0.2, 0.25) is 0 Å². The molecule has 0 spiro atoms. The summed E-state index contributed by atoms with van der Waals surface area (Å²) in [6, 6.07) is 8.00. The van der Waals surface area contributed by atoms with Gasteiger partial charge in [0.1, 0.15) is 11.3 Å². The van der Waals surface area contributed by atoms with Crippen LogP contribution >= 0.6 is 0 Å². The molecule has 1 unspecified atom stereocenters. The van der Waals surface area contributed by atoms with Gasteiger partial charge in [-0.3, -0.25) is 4.98 Å². The zero-order valence-electron chi connectivity index (χ0n) is 11.9. The topological polar surface area (TPSA) is 33.1 Å².